The Bertz CT molecular complexity index is 8980. The Kier molecular flexibility index (Phi) is 33.6. The molecule has 754 valence electrons. The average Bonchev–Trinajstić information content (AvgIpc) is 0.753. The number of hydrogen-bond acceptors (Lipinski definition) is 12. The molecule has 0 saturated carbocycles. The Morgan fingerprint density at radius 1 is 0.318 bits per heavy atom. The van der Waals surface area contributed by atoms with E-state index in [9.17, 15) is 87.8 Å². The van der Waals surface area contributed by atoms with Gasteiger partial charge in [-0.05, 0) is 247 Å². The van der Waals surface area contributed by atoms with Gasteiger partial charge in [0.25, 0.3) is 0 Å². The number of carboxylic acid groups (broad SMARTS) is 6. The van der Waals surface area contributed by atoms with Crippen LogP contribution in [0.5, 0.6) is 0 Å². The number of aryl methyl sites for hydroxylation is 6. The highest BCUT2D eigenvalue weighted by Gasteiger charge is 2.30. The summed E-state index contributed by atoms with van der Waals surface area (Å²) in [5.41, 5.74) is 14.9. The van der Waals surface area contributed by atoms with Crippen LogP contribution in [0.1, 0.15) is 69.8 Å². The van der Waals surface area contributed by atoms with Crippen molar-refractivity contribution in [3.63, 3.8) is 0 Å². The molecule has 6 heterocycles. The molecule has 19 aromatic rings. The van der Waals surface area contributed by atoms with Gasteiger partial charge in [0.2, 0.25) is 0 Å². The molecule has 0 fully saturated rings. The van der Waals surface area contributed by atoms with E-state index in [-0.39, 0.29) is 132 Å². The van der Waals surface area contributed by atoms with E-state index in [1.165, 1.54) is 56.0 Å². The Balaban J connectivity index is 0.000000134. The van der Waals surface area contributed by atoms with Gasteiger partial charge in [-0.25, -0.2) is 4.39 Å². The molecule has 23 nitrogen and oxygen atoms in total. The van der Waals surface area contributed by atoms with Crippen LogP contribution in [0, 0.1) is 33.5 Å². The average molecular weight is 2290 g/mol. The molecular weight excluding hydrogens is 2210 g/mol. The largest absolute Gasteiger partial charge is 0.480 e. The van der Waals surface area contributed by atoms with Crippen molar-refractivity contribution >= 4 is 311 Å². The second-order valence-corrected chi connectivity index (χ2v) is 40.7. The molecule has 37 heteroatoms. The predicted molar refractivity (Wildman–Crippen MR) is 597 cm³/mol. The third kappa shape index (κ3) is 22.6. The zero-order chi connectivity index (χ0) is 107. The second-order valence-electron chi connectivity index (χ2n) is 35.1. The van der Waals surface area contributed by atoms with E-state index in [4.69, 9.17) is 139 Å². The standard InChI is InChI=1S/C24H19Cl2NO3.C23H17Cl2NO3.C17H13Cl2NO3.C16H10Cl2FNO3.C16H13Cl2NO2.C15H8BrCl2NO3/c1-13(2)14-3-5-15(6-4-14)16-7-8-17-20(11-16)27(12-21(28)29)23-18(24(17)30)9-10-19(25)22(23)26;24-18-10-9-16-22(21(18)25)26(13-20(27)28)19-11-8-15(12-17(19)23(16)29)7-6-14-4-2-1-3-5-14;1-8-5-11-13(6-9(8)2)20(7-14(21)22)16-10(17(11)23)3-4-12(18)15(16)19;1-7-4-9-12(5-11(7)19)20(6-13(21)22)15-8(16(9)23)2-3-10(17)14(15)18;1-9-2-3-10-7-11-4-5-12(17)15(18)16(11)19(8-14(20)21)13(10)6-9;16-7-1-4-11-9(5-7)15(22)8-2-3-10(17)13(18)14(8)19(11)6-12(20)21/h3-11,13H,12H2,1-2H3,(H,28,29);1-5,8-12H,6-7,13H2,(H,27,28);3-6H,7H2,1-2H3,(H,21,22);2-5H,6H2,1H3,(H,21,22);2-6H,7-8H2,1H3,(H,20,21);1-5H,6H2,(H,20,21). The maximum atomic E-state index is 14.0. The number of rotatable bonds is 17. The quantitative estimate of drug-likeness (QED) is 0.0461. The molecule has 0 saturated heterocycles. The number of hydrogen-bond donors (Lipinski definition) is 6. The number of aliphatic carboxylic acids is 6. The fourth-order valence-electron chi connectivity index (χ4n) is 18.0. The summed E-state index contributed by atoms with van der Waals surface area (Å²) in [5, 5.41) is 62.3. The van der Waals surface area contributed by atoms with Crippen LogP contribution in [0.4, 0.5) is 15.8 Å². The molecule has 0 atom stereocenters. The van der Waals surface area contributed by atoms with E-state index in [1.54, 1.807) is 99.0 Å². The van der Waals surface area contributed by atoms with Gasteiger partial charge in [-0.15, -0.1) is 0 Å². The first-order valence-electron chi connectivity index (χ1n) is 45.0. The zero-order valence-electron chi connectivity index (χ0n) is 78.5. The molecule has 0 spiro atoms. The Morgan fingerprint density at radius 2 is 0.662 bits per heavy atom. The van der Waals surface area contributed by atoms with Crippen LogP contribution in [0.3, 0.4) is 0 Å². The molecular formula is C111H80BrCl12FN6O17. The lowest BCUT2D eigenvalue weighted by atomic mass is 9.94. The van der Waals surface area contributed by atoms with E-state index in [0.29, 0.717) is 114 Å². The molecule has 5 aromatic heterocycles. The van der Waals surface area contributed by atoms with E-state index >= 15 is 0 Å². The second kappa shape index (κ2) is 45.6. The molecule has 148 heavy (non-hydrogen) atoms. The maximum absolute atomic E-state index is 14.0. The number of halogens is 14. The van der Waals surface area contributed by atoms with E-state index in [1.807, 2.05) is 106 Å². The molecule has 1 aliphatic heterocycles. The number of carboxylic acids is 6. The smallest absolute Gasteiger partial charge is 0.323 e. The molecule has 20 rings (SSSR count). The van der Waals surface area contributed by atoms with Gasteiger partial charge in [0.05, 0.1) is 121 Å². The monoisotopic (exact) mass is 2290 g/mol. The van der Waals surface area contributed by atoms with Gasteiger partial charge in [-0.1, -0.05) is 254 Å². The van der Waals surface area contributed by atoms with Crippen molar-refractivity contribution in [2.24, 2.45) is 0 Å². The number of carbonyl (C=O) groups is 6. The van der Waals surface area contributed by atoms with Crippen LogP contribution < -0.4 is 32.0 Å². The fourth-order valence-corrected chi connectivity index (χ4v) is 20.9. The van der Waals surface area contributed by atoms with Crippen molar-refractivity contribution < 1.29 is 63.8 Å². The van der Waals surface area contributed by atoms with Crippen LogP contribution in [-0.4, -0.2) is 95.8 Å². The number of pyridine rings is 5. The first-order valence-corrected chi connectivity index (χ1v) is 50.3. The summed E-state index contributed by atoms with van der Waals surface area (Å²) in [4.78, 5) is 134. The number of anilines is 2. The van der Waals surface area contributed by atoms with E-state index in [0.717, 1.165) is 80.0 Å². The zero-order valence-corrected chi connectivity index (χ0v) is 89.1. The highest BCUT2D eigenvalue weighted by molar-refractivity contribution is 9.10. The molecule has 0 amide bonds. The van der Waals surface area contributed by atoms with Gasteiger partial charge in [-0.2, -0.15) is 0 Å². The van der Waals surface area contributed by atoms with Crippen molar-refractivity contribution in [1.29, 1.82) is 0 Å². The summed E-state index contributed by atoms with van der Waals surface area (Å²) in [6.07, 6.45) is 2.35. The van der Waals surface area contributed by atoms with Crippen molar-refractivity contribution in [2.75, 3.05) is 11.4 Å². The topological polar surface area (TPSA) is 337 Å². The summed E-state index contributed by atoms with van der Waals surface area (Å²) in [7, 11) is 0. The lowest BCUT2D eigenvalue weighted by Gasteiger charge is -2.33. The summed E-state index contributed by atoms with van der Waals surface area (Å²) < 4.78 is 22.1. The lowest BCUT2D eigenvalue weighted by molar-refractivity contribution is -0.138. The molecule has 0 aliphatic carbocycles. The van der Waals surface area contributed by atoms with Gasteiger partial charge >= 0.3 is 35.8 Å². The Morgan fingerprint density at radius 3 is 1.09 bits per heavy atom. The summed E-state index contributed by atoms with van der Waals surface area (Å²) in [6.45, 7) is 9.68. The first-order chi connectivity index (χ1) is 70.2. The number of aromatic nitrogens is 5. The number of nitrogens with zero attached hydrogens (tertiary/aromatic N) is 6. The molecule has 0 radical (unpaired) electrons. The van der Waals surface area contributed by atoms with Gasteiger partial charge < -0.3 is 58.4 Å². The van der Waals surface area contributed by atoms with Crippen molar-refractivity contribution in [3.05, 3.63) is 396 Å². The highest BCUT2D eigenvalue weighted by atomic mass is 79.9. The number of benzene rings is 14. The molecule has 1 aliphatic rings. The summed E-state index contributed by atoms with van der Waals surface area (Å²) in [6, 6.07) is 65.8. The van der Waals surface area contributed by atoms with Crippen molar-refractivity contribution in [2.45, 2.75) is 99.4 Å². The van der Waals surface area contributed by atoms with E-state index in [2.05, 4.69) is 54.0 Å². The Hall–Kier alpha value is -13.1. The predicted octanol–water partition coefficient (Wildman–Crippen LogP) is 28.6. The minimum atomic E-state index is -1.15. The van der Waals surface area contributed by atoms with Crippen LogP contribution in [0.25, 0.3) is 120 Å². The number of fused-ring (bicyclic) bond motifs is 12. The van der Waals surface area contributed by atoms with Crippen molar-refractivity contribution in [3.8, 4) is 11.1 Å². The molecule has 14 aromatic carbocycles. The molecule has 0 bridgehead atoms. The minimum absolute atomic E-state index is 0.0606. The van der Waals surface area contributed by atoms with Gasteiger partial charge in [0.1, 0.15) is 45.1 Å². The summed E-state index contributed by atoms with van der Waals surface area (Å²) in [5.74, 6) is -6.29. The van der Waals surface area contributed by atoms with E-state index < -0.39 is 48.2 Å². The Labute approximate surface area is 908 Å². The third-order valence-electron chi connectivity index (χ3n) is 25.1. The molecule has 6 N–H and O–H groups in total. The maximum Gasteiger partial charge on any atom is 0.323 e. The van der Waals surface area contributed by atoms with Gasteiger partial charge in [0.15, 0.2) is 27.1 Å². The normalized spacial score (nSPS) is 11.5. The summed E-state index contributed by atoms with van der Waals surface area (Å²) >= 11 is 77.6. The van der Waals surface area contributed by atoms with Gasteiger partial charge in [-0.3, -0.25) is 52.7 Å². The van der Waals surface area contributed by atoms with Crippen LogP contribution in [0.15, 0.2) is 253 Å². The van der Waals surface area contributed by atoms with Crippen molar-refractivity contribution in [1.82, 2.24) is 22.8 Å². The SMILES string of the molecule is CC(C)c1ccc(-c2ccc3c(=O)c4ccc(Cl)c(Cl)c4n(CC(=O)O)c3c2)cc1.Cc1cc2c(=O)c3ccc(Cl)c(Cl)c3n(CC(=O)O)c2cc1C.Cc1cc2c(=O)c3ccc(Cl)c(Cl)c3n(CC(=O)O)c2cc1F.Cc1ccc2c(c1)N(CC(=O)O)c1c(ccc(Cl)c1Cl)C2.O=C(O)Cn1c2ccc(Br)cc2c(=O)c2ccc(Cl)c(Cl)c21.O=C(O)Cn1c2ccc(CCc3ccccc3)cc2c(=O)c2ccc(Cl)c(Cl)c21. The first kappa shape index (κ1) is 109. The van der Waals surface area contributed by atoms with Crippen LogP contribution in [0.2, 0.25) is 60.3 Å². The minimum Gasteiger partial charge on any atom is -0.480 e. The fraction of sp³-hybridized carbons (Fsp3) is 0.144. The van der Waals surface area contributed by atoms with Crippen LogP contribution in [-0.2, 0) is 80.8 Å². The third-order valence-corrected chi connectivity index (χ3v) is 30.3. The molecule has 0 unspecified atom stereocenters. The lowest BCUT2D eigenvalue weighted by Crippen LogP contribution is -2.29. The van der Waals surface area contributed by atoms with Crippen LogP contribution >= 0.6 is 155 Å². The van der Waals surface area contributed by atoms with Gasteiger partial charge in [0, 0.05) is 70.4 Å². The highest BCUT2D eigenvalue weighted by Crippen LogP contribution is 2.47.